The van der Waals surface area contributed by atoms with Gasteiger partial charge in [0.2, 0.25) is 0 Å². The van der Waals surface area contributed by atoms with Gasteiger partial charge in [-0.05, 0) is 42.7 Å². The second-order valence-electron chi connectivity index (χ2n) is 7.73. The first kappa shape index (κ1) is 27.2. The van der Waals surface area contributed by atoms with Gasteiger partial charge in [-0.15, -0.1) is 0 Å². The third kappa shape index (κ3) is 7.09. The van der Waals surface area contributed by atoms with E-state index in [0.717, 1.165) is 5.56 Å². The first-order valence-electron chi connectivity index (χ1n) is 10.8. The first-order chi connectivity index (χ1) is 17.9. The second kappa shape index (κ2) is 13.1. The minimum absolute atomic E-state index is 0.0548. The molecule has 0 saturated heterocycles. The number of nitrogens with zero attached hydrogens (tertiary/aromatic N) is 2. The van der Waals surface area contributed by atoms with Crippen LogP contribution >= 0.6 is 0 Å². The number of hydrogen-bond acceptors (Lipinski definition) is 14. The average Bonchev–Trinajstić information content (AvgIpc) is 3.35. The molecule has 2 aromatic carbocycles. The Morgan fingerprint density at radius 3 is 2.59 bits per heavy atom. The van der Waals surface area contributed by atoms with Crippen molar-refractivity contribution in [2.24, 2.45) is 22.8 Å². The number of aromatic nitrogens is 1. The number of amides is 1. The van der Waals surface area contributed by atoms with Gasteiger partial charge in [0.15, 0.2) is 11.6 Å². The van der Waals surface area contributed by atoms with Crippen molar-refractivity contribution in [3.8, 4) is 5.75 Å². The molecule has 15 nitrogen and oxygen atoms in total. The molecule has 194 valence electrons. The summed E-state index contributed by atoms with van der Waals surface area (Å²) in [6.07, 6.45) is -0.0623. The van der Waals surface area contributed by atoms with Crippen LogP contribution in [0.25, 0.3) is 0 Å². The molecule has 0 fully saturated rings. The molecule has 1 heterocycles. The Balaban J connectivity index is 1.72. The summed E-state index contributed by atoms with van der Waals surface area (Å²) < 4.78 is 9.65. The molecule has 0 spiro atoms. The molecular weight excluding hydrogens is 487 g/mol. The van der Waals surface area contributed by atoms with Crippen LogP contribution in [0.15, 0.2) is 58.1 Å². The Hall–Kier alpha value is -4.35. The largest absolute Gasteiger partial charge is 0.521 e. The van der Waals surface area contributed by atoms with Crippen LogP contribution in [0.1, 0.15) is 37.6 Å². The predicted molar refractivity (Wildman–Crippen MR) is 131 cm³/mol. The van der Waals surface area contributed by atoms with Crippen LogP contribution in [0.4, 0.5) is 5.82 Å². The van der Waals surface area contributed by atoms with Crippen molar-refractivity contribution >= 4 is 24.7 Å². The van der Waals surface area contributed by atoms with Crippen LogP contribution in [0.2, 0.25) is 0 Å². The Morgan fingerprint density at radius 1 is 1.16 bits per heavy atom. The molecule has 0 radical (unpaired) electrons. The normalized spacial score (nSPS) is 11.4. The summed E-state index contributed by atoms with van der Waals surface area (Å²) in [6, 6.07) is 13.0. The summed E-state index contributed by atoms with van der Waals surface area (Å²) in [5, 5.41) is 9.78. The van der Waals surface area contributed by atoms with E-state index < -0.39 is 24.9 Å². The molecule has 37 heavy (non-hydrogen) atoms. The number of carbonyl (C=O) groups excluding carboxylic acids is 2. The number of carbonyl (C=O) groups is 2. The average molecular weight is 512 g/mol. The zero-order valence-corrected chi connectivity index (χ0v) is 19.7. The lowest BCUT2D eigenvalue weighted by molar-refractivity contribution is 0.0498. The number of nitroso groups, excluding NO2 is 1. The maximum absolute atomic E-state index is 12.8. The number of aryl methyl sites for hydroxylation is 1. The summed E-state index contributed by atoms with van der Waals surface area (Å²) in [5.41, 5.74) is 6.61. The highest BCUT2D eigenvalue weighted by Gasteiger charge is 2.33. The highest BCUT2D eigenvalue weighted by Crippen LogP contribution is 2.25. The number of rotatable bonds is 13. The molecule has 3 rings (SSSR count). The van der Waals surface area contributed by atoms with Crippen LogP contribution in [0, 0.1) is 11.8 Å². The predicted octanol–water partition coefficient (Wildman–Crippen LogP) is 0.408. The Bertz CT molecular complexity index is 1240. The Kier molecular flexibility index (Phi) is 9.65. The number of para-hydroxylation sites is 1. The zero-order chi connectivity index (χ0) is 26.8. The molecule has 1 amide bonds. The van der Waals surface area contributed by atoms with E-state index in [0.29, 0.717) is 29.2 Å². The third-order valence-electron chi connectivity index (χ3n) is 5.23. The van der Waals surface area contributed by atoms with Gasteiger partial charge in [-0.25, -0.2) is 16.1 Å². The van der Waals surface area contributed by atoms with Gasteiger partial charge in [0, 0.05) is 18.2 Å². The van der Waals surface area contributed by atoms with Gasteiger partial charge in [0.05, 0.1) is 5.94 Å². The van der Waals surface area contributed by atoms with E-state index in [1.807, 2.05) is 6.07 Å². The van der Waals surface area contributed by atoms with Gasteiger partial charge < -0.3 is 24.3 Å². The van der Waals surface area contributed by atoms with Crippen LogP contribution in [-0.4, -0.2) is 30.0 Å². The second-order valence-corrected chi connectivity index (χ2v) is 7.73. The van der Waals surface area contributed by atoms with E-state index in [4.69, 9.17) is 27.1 Å². The third-order valence-corrected chi connectivity index (χ3v) is 5.23. The van der Waals surface area contributed by atoms with Crippen LogP contribution in [0.5, 0.6) is 5.75 Å². The van der Waals surface area contributed by atoms with Gasteiger partial charge >= 0.3 is 13.0 Å². The minimum atomic E-state index is -1.43. The molecule has 0 aliphatic carbocycles. The van der Waals surface area contributed by atoms with Crippen molar-refractivity contribution in [2.75, 3.05) is 5.32 Å². The Morgan fingerprint density at radius 2 is 1.95 bits per heavy atom. The van der Waals surface area contributed by atoms with Crippen molar-refractivity contribution in [2.45, 2.75) is 25.8 Å². The fourth-order valence-corrected chi connectivity index (χ4v) is 3.46. The van der Waals surface area contributed by atoms with Gasteiger partial charge in [-0.2, -0.15) is 16.7 Å². The molecule has 0 unspecified atom stereocenters. The molecule has 3 aromatic rings. The van der Waals surface area contributed by atoms with Crippen molar-refractivity contribution in [1.29, 1.82) is 0 Å². The minimum Gasteiger partial charge on any atom is -0.410 e. The van der Waals surface area contributed by atoms with Gasteiger partial charge in [-0.1, -0.05) is 34.5 Å². The fraction of sp³-hybridized carbons (Fsp3) is 0.190. The van der Waals surface area contributed by atoms with E-state index in [1.54, 1.807) is 37.3 Å². The van der Waals surface area contributed by atoms with E-state index in [1.165, 1.54) is 12.1 Å². The molecule has 0 aliphatic heterocycles. The van der Waals surface area contributed by atoms with Crippen LogP contribution < -0.4 is 38.7 Å². The van der Waals surface area contributed by atoms with Gasteiger partial charge in [-0.3, -0.25) is 10.2 Å². The molecule has 1 atom stereocenters. The number of hydrogen-bond donors (Lipinski definition) is 6. The SMILES string of the molecule is Cc1cc(NCc2cccc(C(=O)NN[C@@H](Cc3cccc(C(=O)ON)c3ON)B(N=O)ON)c2)no1. The maximum Gasteiger partial charge on any atom is 0.521 e. The molecular formula is C21H25BN8O7. The quantitative estimate of drug-likeness (QED) is 0.104. The maximum atomic E-state index is 12.8. The standard InChI is InChI=1S/C21H25BN8O7/c1-12-8-18(29-36-12)26-11-13-4-2-6-15(9-13)20(31)28-27-17(22(30-33)37-25)10-14-5-3-7-16(19(14)34-23)21(32)35-24/h2-9,17,27H,10-11,23-25H2,1H3,(H,26,29)(H,28,31)/t17-/m0/s1. The van der Waals surface area contributed by atoms with Crippen molar-refractivity contribution < 1.29 is 28.5 Å². The van der Waals surface area contributed by atoms with Gasteiger partial charge in [0.1, 0.15) is 11.3 Å². The number of hydrazine groups is 1. The highest BCUT2D eigenvalue weighted by atomic mass is 16.7. The number of anilines is 1. The number of nitrogens with two attached hydrogens (primary N) is 3. The number of nitrogens with one attached hydrogen (secondary N) is 3. The van der Waals surface area contributed by atoms with Crippen molar-refractivity contribution in [3.05, 3.63) is 81.5 Å². The van der Waals surface area contributed by atoms with Crippen molar-refractivity contribution in [3.63, 3.8) is 0 Å². The molecule has 0 aliphatic rings. The molecule has 0 saturated carbocycles. The molecule has 1 aromatic heterocycles. The van der Waals surface area contributed by atoms with Gasteiger partial charge in [0.25, 0.3) is 5.91 Å². The Labute approximate surface area is 210 Å². The van der Waals surface area contributed by atoms with E-state index in [2.05, 4.69) is 36.0 Å². The molecule has 0 bridgehead atoms. The van der Waals surface area contributed by atoms with Crippen LogP contribution in [-0.2, 0) is 22.6 Å². The summed E-state index contributed by atoms with van der Waals surface area (Å²) in [7, 11) is -1.43. The highest BCUT2D eigenvalue weighted by molar-refractivity contribution is 6.51. The fourth-order valence-electron chi connectivity index (χ4n) is 3.46. The number of benzene rings is 2. The summed E-state index contributed by atoms with van der Waals surface area (Å²) in [4.78, 5) is 45.1. The van der Waals surface area contributed by atoms with E-state index in [9.17, 15) is 14.5 Å². The van der Waals surface area contributed by atoms with Crippen molar-refractivity contribution in [1.82, 2.24) is 16.0 Å². The summed E-state index contributed by atoms with van der Waals surface area (Å²) >= 11 is 0. The zero-order valence-electron chi connectivity index (χ0n) is 19.7. The summed E-state index contributed by atoms with van der Waals surface area (Å²) in [5.74, 6) is 14.3. The lowest BCUT2D eigenvalue weighted by Gasteiger charge is -2.21. The van der Waals surface area contributed by atoms with Crippen LogP contribution in [0.3, 0.4) is 0 Å². The molecule has 9 N–H and O–H groups in total. The monoisotopic (exact) mass is 512 g/mol. The topological polar surface area (TPSA) is 231 Å². The van der Waals surface area contributed by atoms with E-state index in [-0.39, 0.29) is 17.7 Å². The molecule has 16 heteroatoms. The smallest absolute Gasteiger partial charge is 0.410 e. The first-order valence-corrected chi connectivity index (χ1v) is 10.8. The lowest BCUT2D eigenvalue weighted by atomic mass is 9.72. The van der Waals surface area contributed by atoms with E-state index >= 15 is 0 Å². The summed E-state index contributed by atoms with van der Waals surface area (Å²) in [6.45, 7) is 2.17. The lowest BCUT2D eigenvalue weighted by Crippen LogP contribution is -2.54.